The largest absolute Gasteiger partial charge is 0.355 e. The monoisotopic (exact) mass is 302 g/mol. The van der Waals surface area contributed by atoms with Gasteiger partial charge < -0.3 is 5.32 Å². The van der Waals surface area contributed by atoms with E-state index in [9.17, 15) is 13.2 Å². The number of sulfonamides is 1. The van der Waals surface area contributed by atoms with Gasteiger partial charge in [0.25, 0.3) is 0 Å². The fourth-order valence-corrected chi connectivity index (χ4v) is 3.22. The minimum absolute atomic E-state index is 0.0540. The maximum Gasteiger partial charge on any atom is 0.244 e. The highest BCUT2D eigenvalue weighted by Crippen LogP contribution is 2.15. The van der Waals surface area contributed by atoms with Crippen LogP contribution in [-0.4, -0.2) is 37.6 Å². The smallest absolute Gasteiger partial charge is 0.244 e. The molecule has 114 valence electrons. The zero-order valence-corrected chi connectivity index (χ0v) is 12.9. The lowest BCUT2D eigenvalue weighted by Crippen LogP contribution is -2.34. The van der Waals surface area contributed by atoms with Crippen molar-refractivity contribution in [3.05, 3.63) is 11.4 Å². The summed E-state index contributed by atoms with van der Waals surface area (Å²) in [7, 11) is -3.59. The molecule has 0 aromatic carbocycles. The first-order chi connectivity index (χ1) is 9.38. The summed E-state index contributed by atoms with van der Waals surface area (Å²) in [6.45, 7) is 5.73. The number of nitrogens with zero attached hydrogens (tertiary/aromatic N) is 1. The predicted octanol–water partition coefficient (Wildman–Crippen LogP) is 0.611. The fraction of sp³-hybridized carbons (Fsp3) is 0.667. The van der Waals surface area contributed by atoms with Gasteiger partial charge in [-0.3, -0.25) is 9.89 Å². The SMILES string of the molecule is CCCCC(=O)NCCNS(=O)(=O)c1c(C)n[nH]c1C. The van der Waals surface area contributed by atoms with Gasteiger partial charge in [-0.15, -0.1) is 0 Å². The maximum absolute atomic E-state index is 12.1. The van der Waals surface area contributed by atoms with Gasteiger partial charge in [0.1, 0.15) is 4.90 Å². The number of unbranched alkanes of at least 4 members (excludes halogenated alkanes) is 1. The highest BCUT2D eigenvalue weighted by Gasteiger charge is 2.21. The third-order valence-corrected chi connectivity index (χ3v) is 4.55. The molecule has 1 aromatic heterocycles. The Morgan fingerprint density at radius 2 is 2.00 bits per heavy atom. The Morgan fingerprint density at radius 1 is 1.30 bits per heavy atom. The van der Waals surface area contributed by atoms with Crippen LogP contribution in [-0.2, 0) is 14.8 Å². The van der Waals surface area contributed by atoms with Crippen LogP contribution in [0.25, 0.3) is 0 Å². The van der Waals surface area contributed by atoms with Gasteiger partial charge in [0.05, 0.1) is 11.4 Å². The van der Waals surface area contributed by atoms with Crippen LogP contribution in [0.2, 0.25) is 0 Å². The van der Waals surface area contributed by atoms with Crippen LogP contribution < -0.4 is 10.0 Å². The fourth-order valence-electron chi connectivity index (χ4n) is 1.82. The molecule has 0 saturated heterocycles. The van der Waals surface area contributed by atoms with Crippen LogP contribution in [0.3, 0.4) is 0 Å². The summed E-state index contributed by atoms with van der Waals surface area (Å²) >= 11 is 0. The molecule has 0 saturated carbocycles. The number of carbonyl (C=O) groups excluding carboxylic acids is 1. The molecule has 1 heterocycles. The number of aromatic amines is 1. The molecule has 0 aliphatic rings. The van der Waals surface area contributed by atoms with Crippen molar-refractivity contribution in [3.8, 4) is 0 Å². The van der Waals surface area contributed by atoms with E-state index in [-0.39, 0.29) is 23.9 Å². The number of H-pyrrole nitrogens is 1. The second-order valence-corrected chi connectivity index (χ2v) is 6.32. The molecule has 0 aliphatic carbocycles. The number of amides is 1. The standard InChI is InChI=1S/C12H22N4O3S/c1-4-5-6-11(17)13-7-8-14-20(18,19)12-9(2)15-16-10(12)3/h14H,4-8H2,1-3H3,(H,13,17)(H,15,16). The summed E-state index contributed by atoms with van der Waals surface area (Å²) in [4.78, 5) is 11.5. The van der Waals surface area contributed by atoms with Gasteiger partial charge in [-0.2, -0.15) is 5.10 Å². The van der Waals surface area contributed by atoms with Gasteiger partial charge >= 0.3 is 0 Å². The number of rotatable bonds is 8. The van der Waals surface area contributed by atoms with Gasteiger partial charge in [-0.1, -0.05) is 13.3 Å². The number of hydrogen-bond donors (Lipinski definition) is 3. The summed E-state index contributed by atoms with van der Waals surface area (Å²) in [6.07, 6.45) is 2.27. The molecule has 0 aliphatic heterocycles. The Morgan fingerprint density at radius 3 is 2.55 bits per heavy atom. The predicted molar refractivity (Wildman–Crippen MR) is 75.8 cm³/mol. The highest BCUT2D eigenvalue weighted by molar-refractivity contribution is 7.89. The average Bonchev–Trinajstić information content (AvgIpc) is 2.72. The van der Waals surface area contributed by atoms with E-state index < -0.39 is 10.0 Å². The molecule has 0 spiro atoms. The third-order valence-electron chi connectivity index (χ3n) is 2.83. The highest BCUT2D eigenvalue weighted by atomic mass is 32.2. The number of carbonyl (C=O) groups is 1. The lowest BCUT2D eigenvalue weighted by molar-refractivity contribution is -0.121. The molecule has 0 bridgehead atoms. The van der Waals surface area contributed by atoms with Gasteiger partial charge in [0.15, 0.2) is 0 Å². The van der Waals surface area contributed by atoms with Crippen LogP contribution in [0.15, 0.2) is 4.90 Å². The zero-order valence-electron chi connectivity index (χ0n) is 12.1. The van der Waals surface area contributed by atoms with Gasteiger partial charge in [0.2, 0.25) is 15.9 Å². The van der Waals surface area contributed by atoms with Gasteiger partial charge in [-0.25, -0.2) is 13.1 Å². The van der Waals surface area contributed by atoms with Crippen molar-refractivity contribution in [2.45, 2.75) is 44.9 Å². The number of aromatic nitrogens is 2. The minimum atomic E-state index is -3.59. The van der Waals surface area contributed by atoms with E-state index in [0.29, 0.717) is 17.8 Å². The van der Waals surface area contributed by atoms with E-state index in [0.717, 1.165) is 12.8 Å². The second kappa shape index (κ2) is 7.39. The van der Waals surface area contributed by atoms with Gasteiger partial charge in [0, 0.05) is 19.5 Å². The van der Waals surface area contributed by atoms with E-state index in [1.165, 1.54) is 0 Å². The average molecular weight is 302 g/mol. The van der Waals surface area contributed by atoms with Crippen molar-refractivity contribution in [3.63, 3.8) is 0 Å². The maximum atomic E-state index is 12.1. The summed E-state index contributed by atoms with van der Waals surface area (Å²) in [6, 6.07) is 0. The van der Waals surface area contributed by atoms with Crippen molar-refractivity contribution in [1.82, 2.24) is 20.2 Å². The molecule has 1 aromatic rings. The van der Waals surface area contributed by atoms with Crippen LogP contribution in [0.4, 0.5) is 0 Å². The lowest BCUT2D eigenvalue weighted by atomic mass is 10.2. The Bertz CT molecular complexity index is 532. The van der Waals surface area contributed by atoms with E-state index >= 15 is 0 Å². The lowest BCUT2D eigenvalue weighted by Gasteiger charge is -2.08. The molecule has 3 N–H and O–H groups in total. The molecule has 0 fully saturated rings. The van der Waals surface area contributed by atoms with Crippen molar-refractivity contribution in [2.75, 3.05) is 13.1 Å². The normalized spacial score (nSPS) is 11.6. The summed E-state index contributed by atoms with van der Waals surface area (Å²) < 4.78 is 26.6. The Labute approximate surface area is 119 Å². The summed E-state index contributed by atoms with van der Waals surface area (Å²) in [5, 5.41) is 9.17. The molecule has 0 atom stereocenters. The molecule has 20 heavy (non-hydrogen) atoms. The topological polar surface area (TPSA) is 104 Å². The van der Waals surface area contributed by atoms with Crippen molar-refractivity contribution < 1.29 is 13.2 Å². The number of aryl methyl sites for hydroxylation is 2. The Balaban J connectivity index is 2.44. The molecule has 7 nitrogen and oxygen atoms in total. The van der Waals surface area contributed by atoms with Crippen LogP contribution in [0, 0.1) is 13.8 Å². The first-order valence-corrected chi connectivity index (χ1v) is 8.14. The Hall–Kier alpha value is -1.41. The van der Waals surface area contributed by atoms with Crippen molar-refractivity contribution in [1.29, 1.82) is 0 Å². The molecular weight excluding hydrogens is 280 g/mol. The molecule has 8 heteroatoms. The van der Waals surface area contributed by atoms with E-state index in [4.69, 9.17) is 0 Å². The first kappa shape index (κ1) is 16.6. The Kier molecular flexibility index (Phi) is 6.15. The molecule has 0 radical (unpaired) electrons. The second-order valence-electron chi connectivity index (χ2n) is 4.61. The number of nitrogens with one attached hydrogen (secondary N) is 3. The molecule has 1 amide bonds. The third kappa shape index (κ3) is 4.61. The quantitative estimate of drug-likeness (QED) is 0.612. The van der Waals surface area contributed by atoms with Crippen molar-refractivity contribution >= 4 is 15.9 Å². The van der Waals surface area contributed by atoms with E-state index in [2.05, 4.69) is 20.2 Å². The van der Waals surface area contributed by atoms with E-state index in [1.807, 2.05) is 6.92 Å². The van der Waals surface area contributed by atoms with Crippen LogP contribution >= 0.6 is 0 Å². The molecule has 1 rings (SSSR count). The summed E-state index contributed by atoms with van der Waals surface area (Å²) in [5.74, 6) is -0.0540. The van der Waals surface area contributed by atoms with Crippen LogP contribution in [0.1, 0.15) is 37.6 Å². The minimum Gasteiger partial charge on any atom is -0.355 e. The zero-order chi connectivity index (χ0) is 15.2. The number of hydrogen-bond acceptors (Lipinski definition) is 4. The summed E-state index contributed by atoms with van der Waals surface area (Å²) in [5.41, 5.74) is 0.934. The first-order valence-electron chi connectivity index (χ1n) is 6.66. The molecule has 0 unspecified atom stereocenters. The van der Waals surface area contributed by atoms with E-state index in [1.54, 1.807) is 13.8 Å². The molecular formula is C12H22N4O3S. The van der Waals surface area contributed by atoms with Crippen LogP contribution in [0.5, 0.6) is 0 Å². The van der Waals surface area contributed by atoms with Crippen molar-refractivity contribution in [2.24, 2.45) is 0 Å². The van der Waals surface area contributed by atoms with Gasteiger partial charge in [-0.05, 0) is 20.3 Å².